The highest BCUT2D eigenvalue weighted by atomic mass is 16.5. The standard InChI is InChI=1S/C17H25NO4/c1-12(13-8-6-5-7-9-13)15(19)18-14(16(20)21)10-11-22-17(2,3)4/h5-9,12,14H,10-11H2,1-4H3,(H,18,19)(H,20,21). The molecule has 122 valence electrons. The summed E-state index contributed by atoms with van der Waals surface area (Å²) in [6.45, 7) is 7.74. The fourth-order valence-corrected chi connectivity index (χ4v) is 1.93. The Kier molecular flexibility index (Phi) is 6.56. The fourth-order valence-electron chi connectivity index (χ4n) is 1.93. The van der Waals surface area contributed by atoms with Crippen molar-refractivity contribution in [1.82, 2.24) is 5.32 Å². The van der Waals surface area contributed by atoms with Crippen molar-refractivity contribution in [2.24, 2.45) is 0 Å². The molecule has 0 saturated heterocycles. The Morgan fingerprint density at radius 1 is 1.23 bits per heavy atom. The van der Waals surface area contributed by atoms with Gasteiger partial charge in [0.15, 0.2) is 0 Å². The van der Waals surface area contributed by atoms with Crippen molar-refractivity contribution in [1.29, 1.82) is 0 Å². The first-order chi connectivity index (χ1) is 10.2. The molecule has 0 saturated carbocycles. The summed E-state index contributed by atoms with van der Waals surface area (Å²) in [4.78, 5) is 23.5. The highest BCUT2D eigenvalue weighted by Crippen LogP contribution is 2.15. The van der Waals surface area contributed by atoms with Crippen LogP contribution in [0, 0.1) is 0 Å². The highest BCUT2D eigenvalue weighted by Gasteiger charge is 2.24. The molecule has 2 N–H and O–H groups in total. The van der Waals surface area contributed by atoms with Crippen molar-refractivity contribution in [3.63, 3.8) is 0 Å². The van der Waals surface area contributed by atoms with E-state index in [2.05, 4.69) is 5.32 Å². The summed E-state index contributed by atoms with van der Waals surface area (Å²) >= 11 is 0. The van der Waals surface area contributed by atoms with Crippen molar-refractivity contribution in [3.05, 3.63) is 35.9 Å². The maximum absolute atomic E-state index is 12.2. The van der Waals surface area contributed by atoms with Gasteiger partial charge in [-0.2, -0.15) is 0 Å². The van der Waals surface area contributed by atoms with Gasteiger partial charge in [-0.1, -0.05) is 30.3 Å². The molecule has 1 rings (SSSR count). The van der Waals surface area contributed by atoms with Gasteiger partial charge in [-0.05, 0) is 33.3 Å². The number of rotatable bonds is 7. The van der Waals surface area contributed by atoms with E-state index >= 15 is 0 Å². The predicted octanol–water partition coefficient (Wildman–Crippen LogP) is 2.56. The number of carbonyl (C=O) groups excluding carboxylic acids is 1. The second kappa shape index (κ2) is 7.94. The highest BCUT2D eigenvalue weighted by molar-refractivity contribution is 5.87. The minimum atomic E-state index is -1.05. The van der Waals surface area contributed by atoms with Gasteiger partial charge in [0.1, 0.15) is 6.04 Å². The van der Waals surface area contributed by atoms with E-state index in [0.717, 1.165) is 5.56 Å². The molecule has 0 bridgehead atoms. The number of benzene rings is 1. The lowest BCUT2D eigenvalue weighted by Crippen LogP contribution is -2.43. The molecule has 0 aliphatic carbocycles. The van der Waals surface area contributed by atoms with Crippen LogP contribution in [0.4, 0.5) is 0 Å². The molecule has 2 unspecified atom stereocenters. The van der Waals surface area contributed by atoms with Crippen molar-refractivity contribution >= 4 is 11.9 Å². The van der Waals surface area contributed by atoms with E-state index in [1.54, 1.807) is 6.92 Å². The van der Waals surface area contributed by atoms with Crippen LogP contribution >= 0.6 is 0 Å². The number of carboxylic acid groups (broad SMARTS) is 1. The molecule has 0 spiro atoms. The minimum absolute atomic E-state index is 0.236. The summed E-state index contributed by atoms with van der Waals surface area (Å²) in [6, 6.07) is 8.33. The Labute approximate surface area is 131 Å². The minimum Gasteiger partial charge on any atom is -0.480 e. The van der Waals surface area contributed by atoms with Crippen LogP contribution < -0.4 is 5.32 Å². The van der Waals surface area contributed by atoms with Gasteiger partial charge in [0.25, 0.3) is 0 Å². The SMILES string of the molecule is CC(C(=O)NC(CCOC(C)(C)C)C(=O)O)c1ccccc1. The van der Waals surface area contributed by atoms with Crippen molar-refractivity contribution in [2.45, 2.75) is 51.7 Å². The second-order valence-corrected chi connectivity index (χ2v) is 6.28. The normalized spacial score (nSPS) is 14.2. The number of amides is 1. The number of hydrogen-bond donors (Lipinski definition) is 2. The van der Waals surface area contributed by atoms with Crippen LogP contribution in [0.15, 0.2) is 30.3 Å². The zero-order valence-corrected chi connectivity index (χ0v) is 13.6. The fraction of sp³-hybridized carbons (Fsp3) is 0.529. The van der Waals surface area contributed by atoms with Gasteiger partial charge >= 0.3 is 5.97 Å². The smallest absolute Gasteiger partial charge is 0.326 e. The summed E-state index contributed by atoms with van der Waals surface area (Å²) in [5, 5.41) is 11.8. The summed E-state index contributed by atoms with van der Waals surface area (Å²) < 4.78 is 5.52. The molecule has 1 aromatic carbocycles. The Hall–Kier alpha value is -1.88. The number of aliphatic carboxylic acids is 1. The average Bonchev–Trinajstić information content (AvgIpc) is 2.44. The summed E-state index contributed by atoms with van der Waals surface area (Å²) in [5.41, 5.74) is 0.528. The third-order valence-electron chi connectivity index (χ3n) is 3.25. The number of ether oxygens (including phenoxy) is 1. The van der Waals surface area contributed by atoms with E-state index in [0.29, 0.717) is 0 Å². The molecule has 1 aromatic rings. The number of carboxylic acids is 1. The molecule has 22 heavy (non-hydrogen) atoms. The van der Waals surface area contributed by atoms with Crippen molar-refractivity contribution in [3.8, 4) is 0 Å². The Balaban J connectivity index is 2.59. The van der Waals surface area contributed by atoms with Gasteiger partial charge in [-0.25, -0.2) is 4.79 Å². The van der Waals surface area contributed by atoms with Gasteiger partial charge in [-0.3, -0.25) is 4.79 Å². The third kappa shape index (κ3) is 6.26. The van der Waals surface area contributed by atoms with Gasteiger partial charge in [0.05, 0.1) is 11.5 Å². The lowest BCUT2D eigenvalue weighted by molar-refractivity contribution is -0.143. The molecule has 0 aliphatic rings. The zero-order chi connectivity index (χ0) is 16.8. The Morgan fingerprint density at radius 3 is 2.32 bits per heavy atom. The van der Waals surface area contributed by atoms with Crippen molar-refractivity contribution < 1.29 is 19.4 Å². The van der Waals surface area contributed by atoms with E-state index in [9.17, 15) is 14.7 Å². The van der Waals surface area contributed by atoms with E-state index in [1.807, 2.05) is 51.1 Å². The van der Waals surface area contributed by atoms with E-state index in [1.165, 1.54) is 0 Å². The third-order valence-corrected chi connectivity index (χ3v) is 3.25. The Bertz CT molecular complexity index is 493. The lowest BCUT2D eigenvalue weighted by atomic mass is 10.00. The average molecular weight is 307 g/mol. The van der Waals surface area contributed by atoms with Gasteiger partial charge in [0, 0.05) is 13.0 Å². The molecule has 0 aromatic heterocycles. The number of nitrogens with one attached hydrogen (secondary N) is 1. The zero-order valence-electron chi connectivity index (χ0n) is 13.6. The van der Waals surface area contributed by atoms with Crippen LogP contribution in [-0.2, 0) is 14.3 Å². The van der Waals surface area contributed by atoms with Crippen molar-refractivity contribution in [2.75, 3.05) is 6.61 Å². The predicted molar refractivity (Wildman–Crippen MR) is 84.7 cm³/mol. The number of carbonyl (C=O) groups is 2. The maximum Gasteiger partial charge on any atom is 0.326 e. The molecular weight excluding hydrogens is 282 g/mol. The first-order valence-electron chi connectivity index (χ1n) is 7.43. The maximum atomic E-state index is 12.2. The molecule has 2 atom stereocenters. The first-order valence-corrected chi connectivity index (χ1v) is 7.43. The van der Waals surface area contributed by atoms with Crippen LogP contribution in [0.5, 0.6) is 0 Å². The van der Waals surface area contributed by atoms with Gasteiger partial charge in [-0.15, -0.1) is 0 Å². The monoisotopic (exact) mass is 307 g/mol. The largest absolute Gasteiger partial charge is 0.480 e. The van der Waals surface area contributed by atoms with Crippen LogP contribution in [0.25, 0.3) is 0 Å². The molecule has 0 fully saturated rings. The molecule has 5 nitrogen and oxygen atoms in total. The summed E-state index contributed by atoms with van der Waals surface area (Å²) in [6.07, 6.45) is 0.236. The van der Waals surface area contributed by atoms with Gasteiger partial charge < -0.3 is 15.2 Å². The van der Waals surface area contributed by atoms with E-state index < -0.39 is 17.9 Å². The number of hydrogen-bond acceptors (Lipinski definition) is 3. The van der Waals surface area contributed by atoms with E-state index in [-0.39, 0.29) is 24.5 Å². The van der Waals surface area contributed by atoms with Gasteiger partial charge in [0.2, 0.25) is 5.91 Å². The molecule has 5 heteroatoms. The summed E-state index contributed by atoms with van der Waals surface area (Å²) in [5.74, 6) is -1.74. The van der Waals surface area contributed by atoms with Crippen LogP contribution in [0.1, 0.15) is 45.6 Å². The molecular formula is C17H25NO4. The lowest BCUT2D eigenvalue weighted by Gasteiger charge is -2.22. The molecule has 0 aliphatic heterocycles. The van der Waals surface area contributed by atoms with Crippen LogP contribution in [0.3, 0.4) is 0 Å². The molecule has 1 amide bonds. The van der Waals surface area contributed by atoms with E-state index in [4.69, 9.17) is 4.74 Å². The Morgan fingerprint density at radius 2 is 1.82 bits per heavy atom. The molecule has 0 heterocycles. The van der Waals surface area contributed by atoms with Crippen LogP contribution in [0.2, 0.25) is 0 Å². The first kappa shape index (κ1) is 18.2. The quantitative estimate of drug-likeness (QED) is 0.812. The molecule has 0 radical (unpaired) electrons. The second-order valence-electron chi connectivity index (χ2n) is 6.28. The topological polar surface area (TPSA) is 75.6 Å². The summed E-state index contributed by atoms with van der Waals surface area (Å²) in [7, 11) is 0. The van der Waals surface area contributed by atoms with Crippen LogP contribution in [-0.4, -0.2) is 35.2 Å².